The molecule has 0 radical (unpaired) electrons. The first-order valence-corrected chi connectivity index (χ1v) is 9.49. The fraction of sp³-hybridized carbons (Fsp3) is 0.412. The van der Waals surface area contributed by atoms with Crippen molar-refractivity contribution in [3.8, 4) is 0 Å². The Morgan fingerprint density at radius 3 is 2.74 bits per heavy atom. The molecule has 0 bridgehead atoms. The molecule has 0 fully saturated rings. The number of unbranched alkanes of at least 4 members (excludes halogenated alkanes) is 1. The van der Waals surface area contributed by atoms with Gasteiger partial charge in [-0.1, -0.05) is 28.7 Å². The van der Waals surface area contributed by atoms with Crippen molar-refractivity contribution in [3.05, 3.63) is 56.2 Å². The number of nitrogens with one attached hydrogen (secondary N) is 2. The molecule has 23 heavy (non-hydrogen) atoms. The van der Waals surface area contributed by atoms with E-state index in [1.165, 1.54) is 28.2 Å². The van der Waals surface area contributed by atoms with E-state index in [0.29, 0.717) is 12.4 Å². The number of rotatable bonds is 6. The standard InChI is InChI=1S/C17H20IN3O2/c18-8-1-2-9-21-16(22)11-15(20-17(21)23)19-14-7-6-12-4-3-5-13(12)10-14/h6-7,10-11,19H,1-5,8-9H2,(H,20,23). The van der Waals surface area contributed by atoms with Gasteiger partial charge in [-0.05, 0) is 59.8 Å². The third-order valence-corrected chi connectivity index (χ3v) is 4.93. The second-order valence-electron chi connectivity index (χ2n) is 5.84. The van der Waals surface area contributed by atoms with E-state index in [0.717, 1.165) is 35.8 Å². The Morgan fingerprint density at radius 1 is 1.13 bits per heavy atom. The van der Waals surface area contributed by atoms with Gasteiger partial charge in [-0.2, -0.15) is 0 Å². The molecule has 6 heteroatoms. The Hall–Kier alpha value is -1.57. The predicted octanol–water partition coefficient (Wildman–Crippen LogP) is 2.98. The molecule has 1 aliphatic rings. The van der Waals surface area contributed by atoms with Crippen molar-refractivity contribution in [1.82, 2.24) is 9.55 Å². The molecule has 0 amide bonds. The zero-order valence-corrected chi connectivity index (χ0v) is 15.1. The smallest absolute Gasteiger partial charge is 0.329 e. The van der Waals surface area contributed by atoms with Crippen molar-refractivity contribution in [2.75, 3.05) is 9.74 Å². The molecule has 2 N–H and O–H groups in total. The quantitative estimate of drug-likeness (QED) is 0.425. The highest BCUT2D eigenvalue weighted by atomic mass is 127. The molecular weight excluding hydrogens is 405 g/mol. The molecule has 122 valence electrons. The van der Waals surface area contributed by atoms with Crippen LogP contribution in [-0.2, 0) is 19.4 Å². The van der Waals surface area contributed by atoms with Crippen LogP contribution in [0.5, 0.6) is 0 Å². The van der Waals surface area contributed by atoms with Gasteiger partial charge in [-0.15, -0.1) is 0 Å². The van der Waals surface area contributed by atoms with E-state index in [1.807, 2.05) is 6.07 Å². The Balaban J connectivity index is 1.78. The van der Waals surface area contributed by atoms with E-state index in [4.69, 9.17) is 0 Å². The summed E-state index contributed by atoms with van der Waals surface area (Å²) in [5.41, 5.74) is 3.04. The number of halogens is 1. The van der Waals surface area contributed by atoms with E-state index in [1.54, 1.807) is 0 Å². The number of alkyl halides is 1. The van der Waals surface area contributed by atoms with Crippen LogP contribution in [0.1, 0.15) is 30.4 Å². The van der Waals surface area contributed by atoms with Crippen LogP contribution in [0.3, 0.4) is 0 Å². The number of aryl methyl sites for hydroxylation is 2. The summed E-state index contributed by atoms with van der Waals surface area (Å²) < 4.78 is 2.29. The zero-order chi connectivity index (χ0) is 16.2. The number of hydrogen-bond donors (Lipinski definition) is 2. The molecule has 1 aromatic carbocycles. The van der Waals surface area contributed by atoms with Gasteiger partial charge >= 0.3 is 5.69 Å². The third kappa shape index (κ3) is 3.85. The first kappa shape index (κ1) is 16.3. The lowest BCUT2D eigenvalue weighted by Gasteiger charge is -2.10. The van der Waals surface area contributed by atoms with Crippen LogP contribution < -0.4 is 16.6 Å². The normalized spacial score (nSPS) is 13.1. The zero-order valence-electron chi connectivity index (χ0n) is 12.9. The van der Waals surface area contributed by atoms with E-state index in [2.05, 4.69) is 45.0 Å². The van der Waals surface area contributed by atoms with Crippen LogP contribution in [0.4, 0.5) is 11.5 Å². The van der Waals surface area contributed by atoms with Crippen molar-refractivity contribution < 1.29 is 0 Å². The van der Waals surface area contributed by atoms with E-state index < -0.39 is 0 Å². The highest BCUT2D eigenvalue weighted by molar-refractivity contribution is 14.1. The summed E-state index contributed by atoms with van der Waals surface area (Å²) in [6.07, 6.45) is 5.27. The number of aromatic nitrogens is 2. The first-order valence-electron chi connectivity index (χ1n) is 7.96. The molecule has 2 aromatic rings. The summed E-state index contributed by atoms with van der Waals surface area (Å²) in [4.78, 5) is 27.0. The predicted molar refractivity (Wildman–Crippen MR) is 101 cm³/mol. The van der Waals surface area contributed by atoms with Crippen LogP contribution >= 0.6 is 22.6 Å². The summed E-state index contributed by atoms with van der Waals surface area (Å²) in [6.45, 7) is 0.469. The Morgan fingerprint density at radius 2 is 1.96 bits per heavy atom. The molecule has 0 saturated carbocycles. The number of fused-ring (bicyclic) bond motifs is 1. The van der Waals surface area contributed by atoms with Gasteiger partial charge in [0, 0.05) is 18.3 Å². The Bertz CT molecular complexity index is 779. The third-order valence-electron chi connectivity index (χ3n) is 4.16. The maximum absolute atomic E-state index is 12.1. The fourth-order valence-electron chi connectivity index (χ4n) is 2.97. The molecule has 0 spiro atoms. The molecule has 3 rings (SSSR count). The minimum atomic E-state index is -0.352. The highest BCUT2D eigenvalue weighted by Gasteiger charge is 2.11. The number of aromatic amines is 1. The lowest BCUT2D eigenvalue weighted by Crippen LogP contribution is -2.35. The van der Waals surface area contributed by atoms with E-state index >= 15 is 0 Å². The maximum Gasteiger partial charge on any atom is 0.329 e. The van der Waals surface area contributed by atoms with Crippen molar-refractivity contribution in [2.24, 2.45) is 0 Å². The lowest BCUT2D eigenvalue weighted by molar-refractivity contribution is 0.588. The Labute approximate surface area is 148 Å². The maximum atomic E-state index is 12.1. The van der Waals surface area contributed by atoms with Crippen LogP contribution in [-0.4, -0.2) is 14.0 Å². The second-order valence-corrected chi connectivity index (χ2v) is 6.91. The minimum Gasteiger partial charge on any atom is -0.342 e. The summed E-state index contributed by atoms with van der Waals surface area (Å²) in [5.74, 6) is 0.447. The van der Waals surface area contributed by atoms with Crippen molar-refractivity contribution in [3.63, 3.8) is 0 Å². The minimum absolute atomic E-state index is 0.258. The van der Waals surface area contributed by atoms with E-state index in [9.17, 15) is 9.59 Å². The SMILES string of the molecule is O=c1cc(Nc2ccc3c(c2)CCC3)[nH]c(=O)n1CCCCI. The largest absolute Gasteiger partial charge is 0.342 e. The molecule has 5 nitrogen and oxygen atoms in total. The van der Waals surface area contributed by atoms with E-state index in [-0.39, 0.29) is 11.2 Å². The molecule has 0 atom stereocenters. The first-order chi connectivity index (χ1) is 11.2. The van der Waals surface area contributed by atoms with Crippen molar-refractivity contribution in [2.45, 2.75) is 38.6 Å². The second kappa shape index (κ2) is 7.33. The van der Waals surface area contributed by atoms with Crippen LogP contribution in [0.25, 0.3) is 0 Å². The van der Waals surface area contributed by atoms with Gasteiger partial charge in [0.25, 0.3) is 5.56 Å². The summed E-state index contributed by atoms with van der Waals surface area (Å²) in [5, 5.41) is 3.14. The lowest BCUT2D eigenvalue weighted by atomic mass is 10.1. The molecule has 1 heterocycles. The van der Waals surface area contributed by atoms with Crippen molar-refractivity contribution in [1.29, 1.82) is 0 Å². The summed E-state index contributed by atoms with van der Waals surface area (Å²) >= 11 is 2.29. The molecule has 0 unspecified atom stereocenters. The van der Waals surface area contributed by atoms with Gasteiger partial charge in [-0.3, -0.25) is 14.3 Å². The number of H-pyrrole nitrogens is 1. The monoisotopic (exact) mass is 425 g/mol. The Kier molecular flexibility index (Phi) is 5.20. The van der Waals surface area contributed by atoms with Gasteiger partial charge in [0.2, 0.25) is 0 Å². The average Bonchev–Trinajstić information content (AvgIpc) is 2.98. The van der Waals surface area contributed by atoms with Gasteiger partial charge in [0.1, 0.15) is 5.82 Å². The van der Waals surface area contributed by atoms with Crippen LogP contribution in [0, 0.1) is 0 Å². The van der Waals surface area contributed by atoms with Gasteiger partial charge < -0.3 is 5.32 Å². The molecule has 0 saturated heterocycles. The summed E-state index contributed by atoms with van der Waals surface area (Å²) in [6, 6.07) is 7.67. The van der Waals surface area contributed by atoms with Crippen LogP contribution in [0.2, 0.25) is 0 Å². The molecule has 1 aromatic heterocycles. The van der Waals surface area contributed by atoms with Crippen LogP contribution in [0.15, 0.2) is 33.9 Å². The molecule has 1 aliphatic carbocycles. The topological polar surface area (TPSA) is 66.9 Å². The molecular formula is C17H20IN3O2. The van der Waals surface area contributed by atoms with Gasteiger partial charge in [0.05, 0.1) is 0 Å². The molecule has 0 aliphatic heterocycles. The fourth-order valence-corrected chi connectivity index (χ4v) is 3.51. The summed E-state index contributed by atoms with van der Waals surface area (Å²) in [7, 11) is 0. The average molecular weight is 425 g/mol. The highest BCUT2D eigenvalue weighted by Crippen LogP contribution is 2.25. The number of anilines is 2. The van der Waals surface area contributed by atoms with Gasteiger partial charge in [-0.25, -0.2) is 4.79 Å². The number of nitrogens with zero attached hydrogens (tertiary/aromatic N) is 1. The number of benzene rings is 1. The number of hydrogen-bond acceptors (Lipinski definition) is 3. The van der Waals surface area contributed by atoms with Crippen molar-refractivity contribution >= 4 is 34.1 Å². The van der Waals surface area contributed by atoms with Gasteiger partial charge in [0.15, 0.2) is 0 Å².